The summed E-state index contributed by atoms with van der Waals surface area (Å²) in [6.45, 7) is 5.53. The van der Waals surface area contributed by atoms with Crippen LogP contribution in [0.3, 0.4) is 0 Å². The zero-order chi connectivity index (χ0) is 15.9. The lowest BCUT2D eigenvalue weighted by Gasteiger charge is -2.20. The van der Waals surface area contributed by atoms with E-state index in [2.05, 4.69) is 5.32 Å². The number of carbonyl (C=O) groups is 1. The molecule has 2 N–H and O–H groups in total. The van der Waals surface area contributed by atoms with Crippen LogP contribution < -0.4 is 10.1 Å². The standard InChI is InChI=1S/C15H23NO5/c1-15(2,3)21-14(18)16-9-13(17)11-6-5-7-12(8-11)20-10-19-4/h5-8,13,17H,9-10H2,1-4H3,(H,16,18). The van der Waals surface area contributed by atoms with Crippen LogP contribution in [0.4, 0.5) is 4.79 Å². The van der Waals surface area contributed by atoms with E-state index < -0.39 is 17.8 Å². The molecule has 21 heavy (non-hydrogen) atoms. The maximum atomic E-state index is 11.5. The Labute approximate surface area is 125 Å². The van der Waals surface area contributed by atoms with Crippen molar-refractivity contribution in [2.24, 2.45) is 0 Å². The van der Waals surface area contributed by atoms with Crippen LogP contribution in [0.1, 0.15) is 32.4 Å². The number of hydrogen-bond donors (Lipinski definition) is 2. The SMILES string of the molecule is COCOc1cccc(C(O)CNC(=O)OC(C)(C)C)c1. The summed E-state index contributed by atoms with van der Waals surface area (Å²) in [4.78, 5) is 11.5. The van der Waals surface area contributed by atoms with Gasteiger partial charge in [0.25, 0.3) is 0 Å². The number of ether oxygens (including phenoxy) is 3. The average Bonchev–Trinajstić information content (AvgIpc) is 2.41. The molecule has 1 unspecified atom stereocenters. The lowest BCUT2D eigenvalue weighted by atomic mass is 10.1. The number of alkyl carbamates (subject to hydrolysis) is 1. The molecular weight excluding hydrogens is 274 g/mol. The first-order chi connectivity index (χ1) is 9.81. The maximum absolute atomic E-state index is 11.5. The minimum atomic E-state index is -0.844. The summed E-state index contributed by atoms with van der Waals surface area (Å²) < 4.78 is 15.2. The molecule has 0 bridgehead atoms. The topological polar surface area (TPSA) is 77.0 Å². The fourth-order valence-electron chi connectivity index (χ4n) is 1.55. The molecule has 1 atom stereocenters. The van der Waals surface area contributed by atoms with E-state index in [1.54, 1.807) is 45.0 Å². The van der Waals surface area contributed by atoms with Gasteiger partial charge in [-0.3, -0.25) is 0 Å². The summed E-state index contributed by atoms with van der Waals surface area (Å²) in [5.41, 5.74) is 0.0721. The number of aliphatic hydroxyl groups is 1. The van der Waals surface area contributed by atoms with Gasteiger partial charge in [-0.2, -0.15) is 0 Å². The van der Waals surface area contributed by atoms with Crippen molar-refractivity contribution < 1.29 is 24.1 Å². The fourth-order valence-corrected chi connectivity index (χ4v) is 1.55. The highest BCUT2D eigenvalue weighted by atomic mass is 16.7. The number of rotatable bonds is 6. The number of benzene rings is 1. The summed E-state index contributed by atoms with van der Waals surface area (Å²) >= 11 is 0. The van der Waals surface area contributed by atoms with E-state index in [1.165, 1.54) is 7.11 Å². The number of amides is 1. The fraction of sp³-hybridized carbons (Fsp3) is 0.533. The third kappa shape index (κ3) is 6.97. The Morgan fingerprint density at radius 1 is 1.38 bits per heavy atom. The maximum Gasteiger partial charge on any atom is 0.407 e. The summed E-state index contributed by atoms with van der Waals surface area (Å²) in [5.74, 6) is 0.589. The van der Waals surface area contributed by atoms with Crippen molar-refractivity contribution in [1.29, 1.82) is 0 Å². The second-order valence-electron chi connectivity index (χ2n) is 5.52. The van der Waals surface area contributed by atoms with Crippen molar-refractivity contribution in [2.45, 2.75) is 32.5 Å². The van der Waals surface area contributed by atoms with Crippen LogP contribution in [-0.2, 0) is 9.47 Å². The molecular formula is C15H23NO5. The quantitative estimate of drug-likeness (QED) is 0.787. The molecule has 0 saturated carbocycles. The van der Waals surface area contributed by atoms with Gasteiger partial charge in [0.2, 0.25) is 0 Å². The van der Waals surface area contributed by atoms with Gasteiger partial charge in [0.1, 0.15) is 11.4 Å². The van der Waals surface area contributed by atoms with Crippen LogP contribution >= 0.6 is 0 Å². The monoisotopic (exact) mass is 297 g/mol. The van der Waals surface area contributed by atoms with Gasteiger partial charge in [0, 0.05) is 7.11 Å². The van der Waals surface area contributed by atoms with Crippen molar-refractivity contribution >= 4 is 6.09 Å². The predicted octanol–water partition coefficient (Wildman–Crippen LogP) is 2.23. The largest absolute Gasteiger partial charge is 0.468 e. The van der Waals surface area contributed by atoms with E-state index in [0.717, 1.165) is 0 Å². The second kappa shape index (κ2) is 7.85. The molecule has 1 amide bonds. The van der Waals surface area contributed by atoms with E-state index >= 15 is 0 Å². The van der Waals surface area contributed by atoms with E-state index in [-0.39, 0.29) is 13.3 Å². The summed E-state index contributed by atoms with van der Waals surface area (Å²) in [5, 5.41) is 12.6. The number of hydrogen-bond acceptors (Lipinski definition) is 5. The van der Waals surface area contributed by atoms with Crippen LogP contribution in [-0.4, -0.2) is 37.2 Å². The van der Waals surface area contributed by atoms with Crippen LogP contribution in [0.2, 0.25) is 0 Å². The second-order valence-corrected chi connectivity index (χ2v) is 5.52. The van der Waals surface area contributed by atoms with Gasteiger partial charge in [-0.25, -0.2) is 4.79 Å². The molecule has 0 heterocycles. The van der Waals surface area contributed by atoms with Gasteiger partial charge in [-0.1, -0.05) is 12.1 Å². The lowest BCUT2D eigenvalue weighted by Crippen LogP contribution is -2.34. The zero-order valence-electron chi connectivity index (χ0n) is 12.9. The van der Waals surface area contributed by atoms with Crippen LogP contribution in [0.15, 0.2) is 24.3 Å². The summed E-state index contributed by atoms with van der Waals surface area (Å²) in [7, 11) is 1.53. The predicted molar refractivity (Wildman–Crippen MR) is 78.1 cm³/mol. The Kier molecular flexibility index (Phi) is 6.45. The van der Waals surface area contributed by atoms with Crippen LogP contribution in [0, 0.1) is 0 Å². The van der Waals surface area contributed by atoms with Gasteiger partial charge in [0.15, 0.2) is 6.79 Å². The minimum Gasteiger partial charge on any atom is -0.468 e. The number of aliphatic hydroxyl groups excluding tert-OH is 1. The van der Waals surface area contributed by atoms with E-state index in [0.29, 0.717) is 11.3 Å². The van der Waals surface area contributed by atoms with Crippen molar-refractivity contribution in [3.63, 3.8) is 0 Å². The highest BCUT2D eigenvalue weighted by molar-refractivity contribution is 5.67. The molecule has 1 rings (SSSR count). The molecule has 0 radical (unpaired) electrons. The van der Waals surface area contributed by atoms with Crippen molar-refractivity contribution in [1.82, 2.24) is 5.32 Å². The van der Waals surface area contributed by atoms with Crippen molar-refractivity contribution in [3.8, 4) is 5.75 Å². The van der Waals surface area contributed by atoms with E-state index in [1.807, 2.05) is 0 Å². The Morgan fingerprint density at radius 2 is 2.10 bits per heavy atom. The molecule has 0 aromatic heterocycles. The molecule has 6 heteroatoms. The molecule has 0 aliphatic heterocycles. The normalized spacial score (nSPS) is 12.6. The average molecular weight is 297 g/mol. The molecule has 1 aromatic rings. The van der Waals surface area contributed by atoms with Gasteiger partial charge in [-0.05, 0) is 38.5 Å². The Balaban J connectivity index is 2.51. The van der Waals surface area contributed by atoms with E-state index in [4.69, 9.17) is 14.2 Å². The Bertz CT molecular complexity index is 456. The van der Waals surface area contributed by atoms with Gasteiger partial charge < -0.3 is 24.6 Å². The molecule has 118 valence electrons. The highest BCUT2D eigenvalue weighted by Crippen LogP contribution is 2.19. The van der Waals surface area contributed by atoms with Crippen LogP contribution in [0.5, 0.6) is 5.75 Å². The first-order valence-electron chi connectivity index (χ1n) is 6.68. The summed E-state index contributed by atoms with van der Waals surface area (Å²) in [6, 6.07) is 6.97. The first kappa shape index (κ1) is 17.3. The molecule has 1 aromatic carbocycles. The molecule has 0 aliphatic rings. The molecule has 0 aliphatic carbocycles. The third-order valence-electron chi connectivity index (χ3n) is 2.42. The number of nitrogens with one attached hydrogen (secondary N) is 1. The van der Waals surface area contributed by atoms with Gasteiger partial charge >= 0.3 is 6.09 Å². The first-order valence-corrected chi connectivity index (χ1v) is 6.68. The van der Waals surface area contributed by atoms with E-state index in [9.17, 15) is 9.90 Å². The van der Waals surface area contributed by atoms with Crippen molar-refractivity contribution in [3.05, 3.63) is 29.8 Å². The molecule has 6 nitrogen and oxygen atoms in total. The lowest BCUT2D eigenvalue weighted by molar-refractivity contribution is 0.0489. The Morgan fingerprint density at radius 3 is 2.71 bits per heavy atom. The minimum absolute atomic E-state index is 0.0582. The number of carbonyl (C=O) groups excluding carboxylic acids is 1. The van der Waals surface area contributed by atoms with Gasteiger partial charge in [-0.15, -0.1) is 0 Å². The number of methoxy groups -OCH3 is 1. The Hall–Kier alpha value is -1.79. The molecule has 0 fully saturated rings. The molecule has 0 spiro atoms. The van der Waals surface area contributed by atoms with Gasteiger partial charge in [0.05, 0.1) is 12.6 Å². The van der Waals surface area contributed by atoms with Crippen molar-refractivity contribution in [2.75, 3.05) is 20.4 Å². The van der Waals surface area contributed by atoms with Crippen LogP contribution in [0.25, 0.3) is 0 Å². The smallest absolute Gasteiger partial charge is 0.407 e. The molecule has 0 saturated heterocycles. The highest BCUT2D eigenvalue weighted by Gasteiger charge is 2.17. The summed E-state index contributed by atoms with van der Waals surface area (Å²) in [6.07, 6.45) is -1.41. The zero-order valence-corrected chi connectivity index (χ0v) is 12.9. The third-order valence-corrected chi connectivity index (χ3v) is 2.42.